The number of hydrogen-bond acceptors (Lipinski definition) is 5. The smallest absolute Gasteiger partial charge is 0.268 e. The van der Waals surface area contributed by atoms with Crippen LogP contribution in [-0.2, 0) is 15.4 Å². The van der Waals surface area contributed by atoms with Gasteiger partial charge in [0.2, 0.25) is 0 Å². The average Bonchev–Trinajstić information content (AvgIpc) is 3.01. The fraction of sp³-hybridized carbons (Fsp3) is 0.174. The maximum Gasteiger partial charge on any atom is 0.268 e. The number of aromatic nitrogens is 1. The van der Waals surface area contributed by atoms with E-state index in [1.165, 1.54) is 30.6 Å². The van der Waals surface area contributed by atoms with E-state index in [1.807, 2.05) is 20.8 Å². The molecule has 1 aliphatic heterocycles. The van der Waals surface area contributed by atoms with Crippen molar-refractivity contribution in [1.29, 1.82) is 0 Å². The van der Waals surface area contributed by atoms with Gasteiger partial charge in [-0.1, -0.05) is 50.6 Å². The summed E-state index contributed by atoms with van der Waals surface area (Å²) in [4.78, 5) is 31.2. The number of sulfonamides is 1. The van der Waals surface area contributed by atoms with Crippen LogP contribution in [0.5, 0.6) is 0 Å². The minimum Gasteiger partial charge on any atom is -0.279 e. The van der Waals surface area contributed by atoms with Crippen molar-refractivity contribution in [2.24, 2.45) is 0 Å². The molecule has 0 aliphatic carbocycles. The third kappa shape index (κ3) is 3.65. The van der Waals surface area contributed by atoms with Crippen LogP contribution >= 0.6 is 11.6 Å². The van der Waals surface area contributed by atoms with Crippen molar-refractivity contribution in [2.75, 3.05) is 9.62 Å². The van der Waals surface area contributed by atoms with Crippen molar-refractivity contribution in [2.45, 2.75) is 31.1 Å². The van der Waals surface area contributed by atoms with Crippen molar-refractivity contribution >= 4 is 44.8 Å². The van der Waals surface area contributed by atoms with Crippen LogP contribution in [0.4, 0.5) is 11.4 Å². The molecule has 2 aromatic carbocycles. The predicted molar refractivity (Wildman–Crippen MR) is 123 cm³/mol. The van der Waals surface area contributed by atoms with Crippen LogP contribution in [0.1, 0.15) is 47.1 Å². The molecule has 2 amide bonds. The molecule has 0 atom stereocenters. The highest BCUT2D eigenvalue weighted by molar-refractivity contribution is 7.92. The second kappa shape index (κ2) is 7.72. The lowest BCUT2D eigenvalue weighted by molar-refractivity contribution is 0.0926. The van der Waals surface area contributed by atoms with E-state index in [9.17, 15) is 18.0 Å². The van der Waals surface area contributed by atoms with Crippen LogP contribution < -0.4 is 9.62 Å². The normalized spacial score (nSPS) is 13.9. The fourth-order valence-electron chi connectivity index (χ4n) is 3.65. The summed E-state index contributed by atoms with van der Waals surface area (Å²) >= 11 is 6.24. The van der Waals surface area contributed by atoms with Crippen molar-refractivity contribution in [3.63, 3.8) is 0 Å². The third-order valence-corrected chi connectivity index (χ3v) is 6.86. The molecule has 32 heavy (non-hydrogen) atoms. The van der Waals surface area contributed by atoms with Gasteiger partial charge in [-0.15, -0.1) is 0 Å². The van der Waals surface area contributed by atoms with Crippen LogP contribution in [0.2, 0.25) is 5.02 Å². The lowest BCUT2D eigenvalue weighted by Gasteiger charge is -2.23. The summed E-state index contributed by atoms with van der Waals surface area (Å²) in [6.07, 6.45) is 2.89. The van der Waals surface area contributed by atoms with Crippen molar-refractivity contribution in [1.82, 2.24) is 4.98 Å². The molecule has 3 aromatic rings. The third-order valence-electron chi connectivity index (χ3n) is 5.12. The number of nitrogens with one attached hydrogen (secondary N) is 1. The molecule has 2 heterocycles. The summed E-state index contributed by atoms with van der Waals surface area (Å²) < 4.78 is 29.2. The number of benzene rings is 2. The number of hydrogen-bond donors (Lipinski definition) is 1. The highest BCUT2D eigenvalue weighted by atomic mass is 35.5. The summed E-state index contributed by atoms with van der Waals surface area (Å²) in [5.41, 5.74) is 0.293. The molecule has 164 valence electrons. The first-order valence-electron chi connectivity index (χ1n) is 9.76. The molecule has 0 unspecified atom stereocenters. The second-order valence-electron chi connectivity index (χ2n) is 8.35. The first kappa shape index (κ1) is 22.0. The zero-order valence-corrected chi connectivity index (χ0v) is 19.2. The number of pyridine rings is 1. The van der Waals surface area contributed by atoms with Gasteiger partial charge in [0.25, 0.3) is 21.8 Å². The van der Waals surface area contributed by atoms with Gasteiger partial charge >= 0.3 is 0 Å². The summed E-state index contributed by atoms with van der Waals surface area (Å²) in [7, 11) is -4.07. The van der Waals surface area contributed by atoms with E-state index in [0.29, 0.717) is 5.56 Å². The Morgan fingerprint density at radius 2 is 1.62 bits per heavy atom. The van der Waals surface area contributed by atoms with E-state index in [1.54, 1.807) is 30.3 Å². The van der Waals surface area contributed by atoms with Gasteiger partial charge in [-0.2, -0.15) is 0 Å². The largest absolute Gasteiger partial charge is 0.279 e. The van der Waals surface area contributed by atoms with Crippen LogP contribution in [-0.4, -0.2) is 25.2 Å². The number of carbonyl (C=O) groups is 2. The Morgan fingerprint density at radius 3 is 2.28 bits per heavy atom. The molecule has 1 aliphatic rings. The highest BCUT2D eigenvalue weighted by Gasteiger charge is 2.41. The van der Waals surface area contributed by atoms with Gasteiger partial charge in [-0.3, -0.25) is 19.3 Å². The highest BCUT2D eigenvalue weighted by Crippen LogP contribution is 2.38. The molecule has 0 saturated carbocycles. The second-order valence-corrected chi connectivity index (χ2v) is 10.4. The first-order chi connectivity index (χ1) is 15.0. The van der Waals surface area contributed by atoms with Crippen molar-refractivity contribution < 1.29 is 18.0 Å². The molecular weight excluding hydrogens is 450 g/mol. The minimum absolute atomic E-state index is 0.0159. The number of rotatable bonds is 4. The molecule has 0 fully saturated rings. The van der Waals surface area contributed by atoms with E-state index in [4.69, 9.17) is 11.6 Å². The Kier molecular flexibility index (Phi) is 5.30. The number of anilines is 2. The van der Waals surface area contributed by atoms with E-state index in [0.717, 1.165) is 4.90 Å². The fourth-order valence-corrected chi connectivity index (χ4v) is 5.38. The molecule has 7 nitrogen and oxygen atoms in total. The topological polar surface area (TPSA) is 96.4 Å². The maximum absolute atomic E-state index is 13.3. The first-order valence-corrected chi connectivity index (χ1v) is 11.6. The lowest BCUT2D eigenvalue weighted by atomic mass is 9.87. The summed E-state index contributed by atoms with van der Waals surface area (Å²) in [5.74, 6) is -1.32. The molecule has 1 aromatic heterocycles. The predicted octanol–water partition coefficient (Wildman–Crippen LogP) is 4.63. The Labute approximate surface area is 191 Å². The molecule has 1 N–H and O–H groups in total. The molecule has 9 heteroatoms. The summed E-state index contributed by atoms with van der Waals surface area (Å²) in [5, 5.41) is 0.0581. The molecular formula is C23H20ClN3O4S. The molecule has 0 spiro atoms. The number of amides is 2. The number of carbonyl (C=O) groups excluding carboxylic acids is 2. The molecule has 4 rings (SSSR count). The van der Waals surface area contributed by atoms with Crippen molar-refractivity contribution in [3.8, 4) is 0 Å². The van der Waals surface area contributed by atoms with Gasteiger partial charge in [0.1, 0.15) is 0 Å². The number of halogens is 1. The number of fused-ring (bicyclic) bond motifs is 1. The zero-order chi connectivity index (χ0) is 23.3. The summed E-state index contributed by atoms with van der Waals surface area (Å²) in [6.45, 7) is 5.74. The summed E-state index contributed by atoms with van der Waals surface area (Å²) in [6, 6.07) is 12.6. The Hall–Kier alpha value is -3.23. The van der Waals surface area contributed by atoms with Gasteiger partial charge in [0, 0.05) is 6.20 Å². The number of nitrogens with zero attached hydrogens (tertiary/aromatic N) is 2. The van der Waals surface area contributed by atoms with E-state index in [-0.39, 0.29) is 32.4 Å². The molecule has 0 bridgehead atoms. The number of imide groups is 1. The van der Waals surface area contributed by atoms with Crippen LogP contribution in [0.25, 0.3) is 0 Å². The standard InChI is InChI=1S/C23H20ClN3O4S/c1-23(2,3)15-8-4-5-9-18(15)32(30,31)26-17-11-10-16(24)19-20(17)22(29)27(21(19)28)14-7-6-12-25-13-14/h4-13,26H,1-3H3. The SMILES string of the molecule is CC(C)(C)c1ccccc1S(=O)(=O)Nc1ccc(Cl)c2c1C(=O)N(c1cccnc1)C2=O. The zero-order valence-electron chi connectivity index (χ0n) is 17.6. The maximum atomic E-state index is 13.3. The van der Waals surface area contributed by atoms with E-state index >= 15 is 0 Å². The van der Waals surface area contributed by atoms with Gasteiger partial charge in [-0.25, -0.2) is 13.3 Å². The Balaban J connectivity index is 1.82. The van der Waals surface area contributed by atoms with Crippen molar-refractivity contribution in [3.05, 3.63) is 82.6 Å². The van der Waals surface area contributed by atoms with Crippen LogP contribution in [0.3, 0.4) is 0 Å². The molecule has 0 saturated heterocycles. The van der Waals surface area contributed by atoms with Gasteiger partial charge in [0.05, 0.1) is 38.6 Å². The van der Waals surface area contributed by atoms with Crippen LogP contribution in [0, 0.1) is 0 Å². The van der Waals surface area contributed by atoms with E-state index in [2.05, 4.69) is 9.71 Å². The quantitative estimate of drug-likeness (QED) is 0.562. The minimum atomic E-state index is -4.07. The van der Waals surface area contributed by atoms with Crippen LogP contribution in [0.15, 0.2) is 65.8 Å². The van der Waals surface area contributed by atoms with Gasteiger partial charge in [-0.05, 0) is 41.3 Å². The Bertz CT molecular complexity index is 1350. The monoisotopic (exact) mass is 469 g/mol. The lowest BCUT2D eigenvalue weighted by Crippen LogP contribution is -2.29. The van der Waals surface area contributed by atoms with Gasteiger partial charge in [0.15, 0.2) is 0 Å². The van der Waals surface area contributed by atoms with Gasteiger partial charge < -0.3 is 0 Å². The average molecular weight is 470 g/mol. The van der Waals surface area contributed by atoms with E-state index < -0.39 is 27.3 Å². The molecule has 0 radical (unpaired) electrons. The Morgan fingerprint density at radius 1 is 0.938 bits per heavy atom.